The summed E-state index contributed by atoms with van der Waals surface area (Å²) in [5, 5.41) is 12.3. The second-order valence-corrected chi connectivity index (χ2v) is 9.79. The van der Waals surface area contributed by atoms with Crippen LogP contribution in [0.25, 0.3) is 11.1 Å². The summed E-state index contributed by atoms with van der Waals surface area (Å²) < 4.78 is 5.70. The largest absolute Gasteiger partial charge is 0.480 e. The van der Waals surface area contributed by atoms with Crippen LogP contribution in [0, 0.1) is 0 Å². The molecule has 0 bridgehead atoms. The first kappa shape index (κ1) is 26.7. The number of amides is 2. The fourth-order valence-corrected chi connectivity index (χ4v) is 5.23. The van der Waals surface area contributed by atoms with E-state index in [4.69, 9.17) is 4.74 Å². The Morgan fingerprint density at radius 3 is 1.85 bits per heavy atom. The minimum absolute atomic E-state index is 0.101. The quantitative estimate of drug-likeness (QED) is 0.290. The van der Waals surface area contributed by atoms with E-state index in [1.807, 2.05) is 97.1 Å². The number of alkyl carbamates (subject to hydrolysis) is 1. The first-order valence-corrected chi connectivity index (χ1v) is 13.2. The van der Waals surface area contributed by atoms with E-state index < -0.39 is 30.6 Å². The van der Waals surface area contributed by atoms with Gasteiger partial charge in [0.2, 0.25) is 5.91 Å². The molecule has 0 saturated heterocycles. The number of aliphatic carboxylic acids is 1. The minimum Gasteiger partial charge on any atom is -0.480 e. The molecule has 1 atom stereocenters. The molecule has 7 heteroatoms. The molecule has 202 valence electrons. The lowest BCUT2D eigenvalue weighted by Crippen LogP contribution is -2.51. The fourth-order valence-electron chi connectivity index (χ4n) is 5.23. The Kier molecular flexibility index (Phi) is 8.21. The van der Waals surface area contributed by atoms with Gasteiger partial charge in [-0.2, -0.15) is 0 Å². The van der Waals surface area contributed by atoms with Gasteiger partial charge < -0.3 is 20.1 Å². The lowest BCUT2D eigenvalue weighted by atomic mass is 9.98. The summed E-state index contributed by atoms with van der Waals surface area (Å²) in [6.45, 7) is -0.288. The molecule has 1 aliphatic rings. The summed E-state index contributed by atoms with van der Waals surface area (Å²) in [6.07, 6.45) is -0.541. The summed E-state index contributed by atoms with van der Waals surface area (Å²) in [4.78, 5) is 39.7. The van der Waals surface area contributed by atoms with Gasteiger partial charge in [-0.1, -0.05) is 109 Å². The SMILES string of the molecule is O=C(O)CN(Cc1ccccc1)C(=O)C(Cc1ccccc1)NC(=O)OCC1c2ccccc2-c2ccccc21. The summed E-state index contributed by atoms with van der Waals surface area (Å²) >= 11 is 0. The van der Waals surface area contributed by atoms with Crippen molar-refractivity contribution < 1.29 is 24.2 Å². The van der Waals surface area contributed by atoms with E-state index in [0.717, 1.165) is 33.4 Å². The van der Waals surface area contributed by atoms with E-state index >= 15 is 0 Å². The first-order chi connectivity index (χ1) is 19.5. The highest BCUT2D eigenvalue weighted by atomic mass is 16.5. The van der Waals surface area contributed by atoms with Crippen LogP contribution in [0.3, 0.4) is 0 Å². The molecule has 0 radical (unpaired) electrons. The highest BCUT2D eigenvalue weighted by Gasteiger charge is 2.31. The van der Waals surface area contributed by atoms with Gasteiger partial charge in [0.15, 0.2) is 0 Å². The van der Waals surface area contributed by atoms with Crippen molar-refractivity contribution in [1.29, 1.82) is 0 Å². The number of fused-ring (bicyclic) bond motifs is 3. The first-order valence-electron chi connectivity index (χ1n) is 13.2. The predicted octanol–water partition coefficient (Wildman–Crippen LogP) is 5.25. The van der Waals surface area contributed by atoms with Crippen molar-refractivity contribution in [2.75, 3.05) is 13.2 Å². The zero-order valence-electron chi connectivity index (χ0n) is 21.9. The molecule has 2 N–H and O–H groups in total. The van der Waals surface area contributed by atoms with Gasteiger partial charge in [0.05, 0.1) is 0 Å². The third-order valence-corrected chi connectivity index (χ3v) is 7.07. The molecule has 0 saturated carbocycles. The molecule has 0 fully saturated rings. The van der Waals surface area contributed by atoms with Gasteiger partial charge >= 0.3 is 12.1 Å². The smallest absolute Gasteiger partial charge is 0.407 e. The summed E-state index contributed by atoms with van der Waals surface area (Å²) in [5.74, 6) is -1.75. The normalized spacial score (nSPS) is 12.6. The maximum atomic E-state index is 13.7. The van der Waals surface area contributed by atoms with Crippen LogP contribution >= 0.6 is 0 Å². The number of nitrogens with one attached hydrogen (secondary N) is 1. The van der Waals surface area contributed by atoms with E-state index in [2.05, 4.69) is 17.4 Å². The van der Waals surface area contributed by atoms with Gasteiger partial charge in [-0.3, -0.25) is 9.59 Å². The second-order valence-electron chi connectivity index (χ2n) is 9.79. The zero-order valence-corrected chi connectivity index (χ0v) is 21.9. The molecule has 0 aliphatic heterocycles. The molecule has 4 aromatic carbocycles. The van der Waals surface area contributed by atoms with Crippen LogP contribution in [0.15, 0.2) is 109 Å². The van der Waals surface area contributed by atoms with Crippen LogP contribution in [0.1, 0.15) is 28.2 Å². The van der Waals surface area contributed by atoms with Crippen LogP contribution in [0.5, 0.6) is 0 Å². The Hall–Kier alpha value is -4.91. The lowest BCUT2D eigenvalue weighted by molar-refractivity contribution is -0.145. The maximum absolute atomic E-state index is 13.7. The van der Waals surface area contributed by atoms with Gasteiger partial charge in [0.1, 0.15) is 19.2 Å². The van der Waals surface area contributed by atoms with E-state index in [0.29, 0.717) is 0 Å². The topological polar surface area (TPSA) is 95.9 Å². The van der Waals surface area contributed by atoms with Crippen LogP contribution in [0.2, 0.25) is 0 Å². The van der Waals surface area contributed by atoms with Crippen molar-refractivity contribution in [2.45, 2.75) is 24.9 Å². The van der Waals surface area contributed by atoms with Gasteiger partial charge in [-0.05, 0) is 33.4 Å². The van der Waals surface area contributed by atoms with Crippen molar-refractivity contribution in [2.24, 2.45) is 0 Å². The standard InChI is InChI=1S/C33H30N2O5/c36-31(37)21-35(20-24-13-5-2-6-14-24)32(38)30(19-23-11-3-1-4-12-23)34-33(39)40-22-29-27-17-9-7-15-25(27)26-16-8-10-18-28(26)29/h1-18,29-30H,19-22H2,(H,34,39)(H,36,37). The number of carbonyl (C=O) groups excluding carboxylic acids is 2. The third-order valence-electron chi connectivity index (χ3n) is 7.07. The molecule has 40 heavy (non-hydrogen) atoms. The molecule has 5 rings (SSSR count). The van der Waals surface area contributed by atoms with E-state index in [-0.39, 0.29) is 25.5 Å². The maximum Gasteiger partial charge on any atom is 0.407 e. The number of nitrogens with zero attached hydrogens (tertiary/aromatic N) is 1. The highest BCUT2D eigenvalue weighted by molar-refractivity contribution is 5.88. The van der Waals surface area contributed by atoms with Crippen LogP contribution in [-0.4, -0.2) is 47.2 Å². The lowest BCUT2D eigenvalue weighted by Gasteiger charge is -2.27. The average Bonchev–Trinajstić information content (AvgIpc) is 3.29. The number of carbonyl (C=O) groups is 3. The Morgan fingerprint density at radius 1 is 0.750 bits per heavy atom. The van der Waals surface area contributed by atoms with Crippen molar-refractivity contribution in [3.8, 4) is 11.1 Å². The zero-order chi connectivity index (χ0) is 27.9. The molecule has 0 aromatic heterocycles. The van der Waals surface area contributed by atoms with E-state index in [1.165, 1.54) is 4.90 Å². The van der Waals surface area contributed by atoms with Gasteiger partial charge in [0.25, 0.3) is 0 Å². The Morgan fingerprint density at radius 2 is 1.27 bits per heavy atom. The summed E-state index contributed by atoms with van der Waals surface area (Å²) in [7, 11) is 0. The summed E-state index contributed by atoms with van der Waals surface area (Å²) in [5.41, 5.74) is 6.03. The molecular formula is C33H30N2O5. The molecular weight excluding hydrogens is 504 g/mol. The van der Waals surface area contributed by atoms with E-state index in [9.17, 15) is 19.5 Å². The van der Waals surface area contributed by atoms with Crippen molar-refractivity contribution >= 4 is 18.0 Å². The molecule has 1 aliphatic carbocycles. The number of ether oxygens (including phenoxy) is 1. The number of hydrogen-bond donors (Lipinski definition) is 2. The van der Waals surface area contributed by atoms with Crippen molar-refractivity contribution in [3.63, 3.8) is 0 Å². The summed E-state index contributed by atoms with van der Waals surface area (Å²) in [6, 6.07) is 33.6. The predicted molar refractivity (Wildman–Crippen MR) is 152 cm³/mol. The molecule has 7 nitrogen and oxygen atoms in total. The number of benzene rings is 4. The Bertz CT molecular complexity index is 1440. The molecule has 2 amide bonds. The molecule has 0 spiro atoms. The van der Waals surface area contributed by atoms with Gasteiger partial charge in [-0.25, -0.2) is 4.79 Å². The molecule has 4 aromatic rings. The van der Waals surface area contributed by atoms with Crippen molar-refractivity contribution in [1.82, 2.24) is 10.2 Å². The Labute approximate surface area is 233 Å². The average molecular weight is 535 g/mol. The van der Waals surface area contributed by atoms with Gasteiger partial charge in [0, 0.05) is 18.9 Å². The highest BCUT2D eigenvalue weighted by Crippen LogP contribution is 2.44. The van der Waals surface area contributed by atoms with Gasteiger partial charge in [-0.15, -0.1) is 0 Å². The Balaban J connectivity index is 1.33. The second kappa shape index (κ2) is 12.3. The third kappa shape index (κ3) is 6.21. The number of rotatable bonds is 10. The minimum atomic E-state index is -1.14. The molecule has 0 heterocycles. The van der Waals surface area contributed by atoms with Crippen LogP contribution in [-0.2, 0) is 27.3 Å². The van der Waals surface area contributed by atoms with Crippen LogP contribution in [0.4, 0.5) is 4.79 Å². The number of hydrogen-bond acceptors (Lipinski definition) is 4. The van der Waals surface area contributed by atoms with Crippen LogP contribution < -0.4 is 5.32 Å². The van der Waals surface area contributed by atoms with E-state index in [1.54, 1.807) is 0 Å². The number of carboxylic acids is 1. The fraction of sp³-hybridized carbons (Fsp3) is 0.182. The number of carboxylic acid groups (broad SMARTS) is 1. The molecule has 1 unspecified atom stereocenters. The van der Waals surface area contributed by atoms with Crippen molar-refractivity contribution in [3.05, 3.63) is 131 Å². The monoisotopic (exact) mass is 534 g/mol.